The van der Waals surface area contributed by atoms with Crippen LogP contribution in [0.2, 0.25) is 5.02 Å². The minimum absolute atomic E-state index is 0.581. The Hall–Kier alpha value is -0.530. The van der Waals surface area contributed by atoms with Gasteiger partial charge in [-0.05, 0) is 36.4 Å². The minimum atomic E-state index is 0.581. The van der Waals surface area contributed by atoms with Crippen molar-refractivity contribution in [1.82, 2.24) is 5.32 Å². The molecule has 0 spiro atoms. The Morgan fingerprint density at radius 2 is 2.13 bits per heavy atom. The summed E-state index contributed by atoms with van der Waals surface area (Å²) in [5.41, 5.74) is 1.33. The summed E-state index contributed by atoms with van der Waals surface area (Å²) in [6.45, 7) is 5.49. The van der Waals surface area contributed by atoms with Gasteiger partial charge in [0, 0.05) is 11.1 Å². The van der Waals surface area contributed by atoms with Crippen molar-refractivity contribution in [2.24, 2.45) is 5.92 Å². The van der Waals surface area contributed by atoms with E-state index >= 15 is 0 Å². The highest BCUT2D eigenvalue weighted by molar-refractivity contribution is 6.31. The van der Waals surface area contributed by atoms with Crippen LogP contribution in [0.15, 0.2) is 24.3 Å². The van der Waals surface area contributed by atoms with Crippen molar-refractivity contribution in [2.45, 2.75) is 32.2 Å². The molecule has 1 fully saturated rings. The van der Waals surface area contributed by atoms with Crippen molar-refractivity contribution >= 4 is 11.6 Å². The van der Waals surface area contributed by atoms with Crippen molar-refractivity contribution < 1.29 is 0 Å². The predicted octanol–water partition coefficient (Wildman–Crippen LogP) is 3.44. The molecule has 2 atom stereocenters. The van der Waals surface area contributed by atoms with Gasteiger partial charge in [0.25, 0.3) is 0 Å². The Balaban J connectivity index is 1.91. The summed E-state index contributed by atoms with van der Waals surface area (Å²) in [5, 5.41) is 4.41. The van der Waals surface area contributed by atoms with Gasteiger partial charge in [-0.2, -0.15) is 0 Å². The maximum absolute atomic E-state index is 6.17. The average Bonchev–Trinajstić information content (AvgIpc) is 2.95. The summed E-state index contributed by atoms with van der Waals surface area (Å²) in [6.07, 6.45) is 1.28. The fourth-order valence-electron chi connectivity index (χ4n) is 2.02. The van der Waals surface area contributed by atoms with Crippen LogP contribution >= 0.6 is 11.6 Å². The first-order valence-electron chi connectivity index (χ1n) is 5.66. The molecule has 2 rings (SSSR count). The molecule has 1 N–H and O–H groups in total. The zero-order valence-corrected chi connectivity index (χ0v) is 10.1. The highest BCUT2D eigenvalue weighted by Gasteiger charge is 2.38. The number of rotatable bonds is 4. The van der Waals surface area contributed by atoms with Gasteiger partial charge in [-0.25, -0.2) is 0 Å². The van der Waals surface area contributed by atoms with Crippen LogP contribution in [0.5, 0.6) is 0 Å². The third-order valence-corrected chi connectivity index (χ3v) is 3.36. The third kappa shape index (κ3) is 2.73. The molecule has 0 aliphatic heterocycles. The van der Waals surface area contributed by atoms with E-state index in [-0.39, 0.29) is 0 Å². The molecule has 2 heteroatoms. The number of hydrogen-bond donors (Lipinski definition) is 1. The topological polar surface area (TPSA) is 12.0 Å². The van der Waals surface area contributed by atoms with E-state index in [1.807, 2.05) is 12.1 Å². The Labute approximate surface area is 96.8 Å². The third-order valence-electron chi connectivity index (χ3n) is 3.02. The van der Waals surface area contributed by atoms with Gasteiger partial charge in [-0.1, -0.05) is 43.6 Å². The number of hydrogen-bond acceptors (Lipinski definition) is 1. The maximum Gasteiger partial charge on any atom is 0.0440 e. The highest BCUT2D eigenvalue weighted by atomic mass is 35.5. The Morgan fingerprint density at radius 1 is 1.40 bits per heavy atom. The van der Waals surface area contributed by atoms with Crippen LogP contribution in [0.1, 0.15) is 31.7 Å². The first-order chi connectivity index (χ1) is 7.18. The van der Waals surface area contributed by atoms with Crippen LogP contribution in [-0.2, 0) is 0 Å². The molecule has 0 amide bonds. The molecule has 1 aliphatic rings. The molecule has 0 aromatic heterocycles. The second-order valence-corrected chi connectivity index (χ2v) is 5.09. The van der Waals surface area contributed by atoms with Gasteiger partial charge >= 0.3 is 0 Å². The largest absolute Gasteiger partial charge is 0.314 e. The number of benzene rings is 1. The smallest absolute Gasteiger partial charge is 0.0440 e. The lowest BCUT2D eigenvalue weighted by Gasteiger charge is -2.07. The van der Waals surface area contributed by atoms with Crippen LogP contribution in [0.4, 0.5) is 0 Å². The second-order valence-electron chi connectivity index (χ2n) is 4.69. The van der Waals surface area contributed by atoms with Crippen LogP contribution in [0.3, 0.4) is 0 Å². The highest BCUT2D eigenvalue weighted by Crippen LogP contribution is 2.49. The van der Waals surface area contributed by atoms with Crippen molar-refractivity contribution in [3.8, 4) is 0 Å². The summed E-state index contributed by atoms with van der Waals surface area (Å²) < 4.78 is 0. The van der Waals surface area contributed by atoms with Crippen LogP contribution in [0.25, 0.3) is 0 Å². The summed E-state index contributed by atoms with van der Waals surface area (Å²) >= 11 is 6.17. The van der Waals surface area contributed by atoms with Crippen LogP contribution < -0.4 is 5.32 Å². The SMILES string of the molecule is CC(C)NCC1CC1c1ccccc1Cl. The lowest BCUT2D eigenvalue weighted by molar-refractivity contribution is 0.554. The standard InChI is InChI=1S/C13H18ClN/c1-9(2)15-8-10-7-12(10)11-5-3-4-6-13(11)14/h3-6,9-10,12,15H,7-8H2,1-2H3. The van der Waals surface area contributed by atoms with E-state index in [9.17, 15) is 0 Å². The molecular formula is C13H18ClN. The molecule has 0 saturated heterocycles. The molecule has 2 unspecified atom stereocenters. The number of halogens is 1. The normalized spacial score (nSPS) is 24.5. The lowest BCUT2D eigenvalue weighted by Crippen LogP contribution is -2.25. The van der Waals surface area contributed by atoms with Crippen molar-refractivity contribution in [3.05, 3.63) is 34.9 Å². The molecular weight excluding hydrogens is 206 g/mol. The van der Waals surface area contributed by atoms with E-state index in [2.05, 4.69) is 31.3 Å². The molecule has 82 valence electrons. The summed E-state index contributed by atoms with van der Waals surface area (Å²) in [5.74, 6) is 1.47. The van der Waals surface area contributed by atoms with E-state index in [1.165, 1.54) is 12.0 Å². The Kier molecular flexibility index (Phi) is 3.32. The van der Waals surface area contributed by atoms with Crippen molar-refractivity contribution in [2.75, 3.05) is 6.54 Å². The van der Waals surface area contributed by atoms with Crippen LogP contribution in [-0.4, -0.2) is 12.6 Å². The molecule has 1 aromatic carbocycles. The van der Waals surface area contributed by atoms with E-state index in [0.717, 1.165) is 17.5 Å². The van der Waals surface area contributed by atoms with Gasteiger partial charge in [-0.3, -0.25) is 0 Å². The molecule has 15 heavy (non-hydrogen) atoms. The quantitative estimate of drug-likeness (QED) is 0.825. The molecule has 1 saturated carbocycles. The Bertz CT molecular complexity index is 335. The monoisotopic (exact) mass is 223 g/mol. The molecule has 0 heterocycles. The molecule has 1 aliphatic carbocycles. The van der Waals surface area contributed by atoms with Gasteiger partial charge in [0.05, 0.1) is 0 Å². The van der Waals surface area contributed by atoms with Gasteiger partial charge in [0.1, 0.15) is 0 Å². The van der Waals surface area contributed by atoms with E-state index < -0.39 is 0 Å². The van der Waals surface area contributed by atoms with Gasteiger partial charge < -0.3 is 5.32 Å². The lowest BCUT2D eigenvalue weighted by atomic mass is 10.1. The van der Waals surface area contributed by atoms with E-state index in [0.29, 0.717) is 12.0 Å². The van der Waals surface area contributed by atoms with Crippen molar-refractivity contribution in [3.63, 3.8) is 0 Å². The zero-order chi connectivity index (χ0) is 10.8. The van der Waals surface area contributed by atoms with E-state index in [1.54, 1.807) is 0 Å². The predicted molar refractivity (Wildman–Crippen MR) is 65.4 cm³/mol. The zero-order valence-electron chi connectivity index (χ0n) is 9.33. The molecule has 0 bridgehead atoms. The minimum Gasteiger partial charge on any atom is -0.314 e. The molecule has 1 aromatic rings. The summed E-state index contributed by atoms with van der Waals surface area (Å²) in [7, 11) is 0. The molecule has 1 nitrogen and oxygen atoms in total. The number of nitrogens with one attached hydrogen (secondary N) is 1. The first kappa shape index (κ1) is 11.0. The summed E-state index contributed by atoms with van der Waals surface area (Å²) in [6, 6.07) is 8.80. The van der Waals surface area contributed by atoms with Gasteiger partial charge in [0.15, 0.2) is 0 Å². The first-order valence-corrected chi connectivity index (χ1v) is 6.04. The molecule has 0 radical (unpaired) electrons. The van der Waals surface area contributed by atoms with Gasteiger partial charge in [-0.15, -0.1) is 0 Å². The average molecular weight is 224 g/mol. The van der Waals surface area contributed by atoms with E-state index in [4.69, 9.17) is 11.6 Å². The maximum atomic E-state index is 6.17. The second kappa shape index (κ2) is 4.54. The fraction of sp³-hybridized carbons (Fsp3) is 0.538. The Morgan fingerprint density at radius 3 is 2.80 bits per heavy atom. The van der Waals surface area contributed by atoms with Crippen molar-refractivity contribution in [1.29, 1.82) is 0 Å². The summed E-state index contributed by atoms with van der Waals surface area (Å²) in [4.78, 5) is 0. The van der Waals surface area contributed by atoms with Crippen LogP contribution in [0, 0.1) is 5.92 Å². The fourth-order valence-corrected chi connectivity index (χ4v) is 2.29. The van der Waals surface area contributed by atoms with Gasteiger partial charge in [0.2, 0.25) is 0 Å².